The molecule has 26 heteroatoms. The summed E-state index contributed by atoms with van der Waals surface area (Å²) in [5.41, 5.74) is 16.5. The number of carbonyl (C=O) groups excluding carboxylic acids is 2. The van der Waals surface area contributed by atoms with E-state index in [1.54, 1.807) is 99.5 Å². The molecule has 8 aromatic carbocycles. The predicted octanol–water partition coefficient (Wildman–Crippen LogP) is 20.1. The van der Waals surface area contributed by atoms with E-state index in [4.69, 9.17) is 57.3 Å². The Bertz CT molecular complexity index is 5760. The first kappa shape index (κ1) is 86.5. The van der Waals surface area contributed by atoms with E-state index >= 15 is 8.78 Å². The van der Waals surface area contributed by atoms with Crippen LogP contribution >= 0.6 is 0 Å². The van der Waals surface area contributed by atoms with Crippen molar-refractivity contribution in [2.45, 2.75) is 131 Å². The van der Waals surface area contributed by atoms with Gasteiger partial charge in [0.25, 0.3) is 10.1 Å². The number of nitrogens with zero attached hydrogens (tertiary/aromatic N) is 3. The van der Waals surface area contributed by atoms with Crippen LogP contribution in [0.4, 0.5) is 22.8 Å². The number of alkyl carbamates (subject to hydrolysis) is 2. The molecule has 2 amide bonds. The second-order valence-corrected chi connectivity index (χ2v) is 31.2. The minimum atomic E-state index is -3.50. The molecule has 6 aliphatic carbocycles. The molecule has 3 aromatic heterocycles. The molecule has 0 atom stereocenters. The highest BCUT2D eigenvalue weighted by atomic mass is 32.2. The van der Waals surface area contributed by atoms with Crippen molar-refractivity contribution in [1.82, 2.24) is 25.6 Å². The number of carbonyl (C=O) groups is 2. The maximum Gasteiger partial charge on any atom is 0.408 e. The number of halogens is 3. The lowest BCUT2D eigenvalue weighted by Gasteiger charge is -2.20. The molecule has 0 saturated heterocycles. The van der Waals surface area contributed by atoms with E-state index in [0.29, 0.717) is 115 Å². The number of pyridine rings is 3. The molecule has 118 heavy (non-hydrogen) atoms. The van der Waals surface area contributed by atoms with Gasteiger partial charge >= 0.3 is 12.2 Å². The van der Waals surface area contributed by atoms with Crippen molar-refractivity contribution in [3.05, 3.63) is 249 Å². The average molecular weight is 1630 g/mol. The number of phenols is 1. The van der Waals surface area contributed by atoms with Crippen LogP contribution in [-0.4, -0.2) is 105 Å². The third-order valence-electron chi connectivity index (χ3n) is 20.2. The van der Waals surface area contributed by atoms with E-state index in [1.807, 2.05) is 118 Å². The molecule has 0 aliphatic heterocycles. The summed E-state index contributed by atoms with van der Waals surface area (Å²) in [5, 5.41) is 17.5. The smallest absolute Gasteiger partial charge is 0.408 e. The number of amides is 2. The van der Waals surface area contributed by atoms with E-state index in [2.05, 4.69) is 25.6 Å². The number of hydrogen-bond donors (Lipinski definition) is 4. The van der Waals surface area contributed by atoms with Gasteiger partial charge in [0, 0.05) is 69.6 Å². The van der Waals surface area contributed by atoms with Gasteiger partial charge in [0.2, 0.25) is 0 Å². The molecular weight excluding hydrogens is 1530 g/mol. The highest BCUT2D eigenvalue weighted by Gasteiger charge is 2.47. The summed E-state index contributed by atoms with van der Waals surface area (Å²) in [6, 6.07) is 44.8. The van der Waals surface area contributed by atoms with Gasteiger partial charge in [0.05, 0.1) is 67.4 Å². The van der Waals surface area contributed by atoms with Gasteiger partial charge in [-0.05, 0) is 161 Å². The maximum absolute atomic E-state index is 15.2. The molecule has 5 N–H and O–H groups in total. The zero-order valence-electron chi connectivity index (χ0n) is 64.3. The average Bonchev–Trinajstić information content (AvgIpc) is 0.817. The summed E-state index contributed by atoms with van der Waals surface area (Å²) in [6.45, 7) is 6.97. The molecule has 6 aliphatic rings. The van der Waals surface area contributed by atoms with E-state index in [0.717, 1.165) is 95.7 Å². The van der Waals surface area contributed by atoms with Crippen LogP contribution in [0.5, 0.6) is 69.0 Å². The van der Waals surface area contributed by atoms with Crippen molar-refractivity contribution in [3.63, 3.8) is 0 Å². The molecule has 0 unspecified atom stereocenters. The fourth-order valence-corrected chi connectivity index (χ4v) is 13.8. The van der Waals surface area contributed by atoms with Crippen LogP contribution in [0.1, 0.15) is 126 Å². The molecule has 0 bridgehead atoms. The summed E-state index contributed by atoms with van der Waals surface area (Å²) in [4.78, 5) is 37.2. The standard InChI is InChI=1S/C32H29FN2O5.C24H23FN2O3.C20H16FNO3.C13H17NO5S.3CH4/c1-20-14-22-8-9-27(30(33)23(22)15-20)40-26-10-13-34-25-17-29(28(37-2)16-24(25)26)39-19-32(11-12-32)35-31(36)38-18-21-6-4-3-5-7-21;1-14-9-15-3-4-20(23(25)16(15)10-14)30-19-5-8-27-18-12-22(21(28-2)11-17(18)19)29-13-24(26)6-7-24;1-11-7-12-3-4-18(20(21)13(12)8-11)25-17-5-6-22-15-10-16(23)19(24-2)9-14(15)17;1-20(16,17)19-10-13(7-8-13)14-12(15)18-9-11-5-3-2-4-6-11;;;/h3-10,13,15-17H,11-12,14,18-19H2,1-2H3,(H,35,36);3-5,8,10-12H,6-7,9,13,26H2,1-2H3;3-6,8-10,23H,7H2,1-2H3;2-6H,7-10H2,1H3,(H,14,15);3*1H4. The lowest BCUT2D eigenvalue weighted by molar-refractivity contribution is 0.128. The Hall–Kier alpha value is -12.4. The molecule has 22 nitrogen and oxygen atoms in total. The number of nitrogens with two attached hydrogens (primary N) is 1. The third kappa shape index (κ3) is 20.9. The second-order valence-electron chi connectivity index (χ2n) is 29.5. The highest BCUT2D eigenvalue weighted by Crippen LogP contribution is 2.46. The Kier molecular flexibility index (Phi) is 27.0. The first-order chi connectivity index (χ1) is 55.3. The summed E-state index contributed by atoms with van der Waals surface area (Å²) in [5.74, 6) is 3.17. The van der Waals surface area contributed by atoms with Crippen LogP contribution in [0, 0.1) is 17.5 Å². The van der Waals surface area contributed by atoms with Gasteiger partial charge in [0.15, 0.2) is 69.2 Å². The summed E-state index contributed by atoms with van der Waals surface area (Å²) < 4.78 is 128. The number of ether oxygens (including phenoxy) is 10. The molecule has 0 radical (unpaired) electrons. The van der Waals surface area contributed by atoms with Gasteiger partial charge < -0.3 is 68.8 Å². The Labute approximate surface area is 684 Å². The van der Waals surface area contributed by atoms with Gasteiger partial charge in [-0.25, -0.2) is 22.8 Å². The Balaban J connectivity index is 0.000000158. The molecule has 3 fully saturated rings. The van der Waals surface area contributed by atoms with Gasteiger partial charge in [0.1, 0.15) is 43.7 Å². The SMILES string of the molecule is C.C.C.COc1cc2c(Oc3ccc4c(c3F)C=C(C)C4)ccnc2cc1O.COc1cc2c(Oc3ccc4c(c3F)C=C(C)C4)ccnc2cc1OCC1(N)CC1.COc1cc2c(Oc3ccc4c(c3F)C=C(C)C4)ccnc2cc1OCC1(NC(=O)OCc2ccccc2)CC1.CS(=O)(=O)OCC1(NC(=O)OCc2ccccc2)CC1. The number of benzene rings is 8. The van der Waals surface area contributed by atoms with Crippen molar-refractivity contribution >= 4 is 73.2 Å². The quantitative estimate of drug-likeness (QED) is 0.0409. The number of allylic oxidation sites excluding steroid dienone is 3. The van der Waals surface area contributed by atoms with Crippen LogP contribution < -0.4 is 54.3 Å². The lowest BCUT2D eigenvalue weighted by atomic mass is 10.1. The monoisotopic (exact) mass is 1630 g/mol. The van der Waals surface area contributed by atoms with Crippen LogP contribution in [-0.2, 0) is 56.3 Å². The number of fused-ring (bicyclic) bond motifs is 6. The van der Waals surface area contributed by atoms with Crippen molar-refractivity contribution in [2.75, 3.05) is 47.4 Å². The van der Waals surface area contributed by atoms with Crippen molar-refractivity contribution in [3.8, 4) is 69.0 Å². The van der Waals surface area contributed by atoms with Crippen LogP contribution in [0.25, 0.3) is 50.9 Å². The van der Waals surface area contributed by atoms with E-state index in [9.17, 15) is 27.5 Å². The molecule has 17 rings (SSSR count). The largest absolute Gasteiger partial charge is 0.504 e. The molecule has 3 heterocycles. The summed E-state index contributed by atoms with van der Waals surface area (Å²) >= 11 is 0. The normalized spacial score (nSPS) is 14.6. The van der Waals surface area contributed by atoms with E-state index in [-0.39, 0.29) is 94.7 Å². The number of nitrogens with one attached hydrogen (secondary N) is 2. The fourth-order valence-electron chi connectivity index (χ4n) is 13.3. The Morgan fingerprint density at radius 2 is 0.805 bits per heavy atom. The predicted molar refractivity (Wildman–Crippen MR) is 450 cm³/mol. The zero-order chi connectivity index (χ0) is 80.8. The summed E-state index contributed by atoms with van der Waals surface area (Å²) in [6.07, 6.45) is 17.4. The highest BCUT2D eigenvalue weighted by molar-refractivity contribution is 7.86. The fraction of sp³-hybridized carbons (Fsp3) is 0.293. The van der Waals surface area contributed by atoms with Crippen molar-refractivity contribution in [1.29, 1.82) is 0 Å². The minimum absolute atomic E-state index is 0. The number of phenolic OH excluding ortho intramolecular Hbond substituents is 1. The maximum atomic E-state index is 15.2. The van der Waals surface area contributed by atoms with Gasteiger partial charge in [-0.3, -0.25) is 19.1 Å². The van der Waals surface area contributed by atoms with Crippen LogP contribution in [0.2, 0.25) is 0 Å². The number of aromatic nitrogens is 3. The minimum Gasteiger partial charge on any atom is -0.504 e. The third-order valence-corrected chi connectivity index (χ3v) is 20.8. The number of rotatable bonds is 24. The number of aromatic hydroxyl groups is 1. The zero-order valence-corrected chi connectivity index (χ0v) is 65.1. The summed E-state index contributed by atoms with van der Waals surface area (Å²) in [7, 11) is 1.09. The molecule has 11 aromatic rings. The van der Waals surface area contributed by atoms with Gasteiger partial charge in [-0.2, -0.15) is 8.42 Å². The number of hydrogen-bond acceptors (Lipinski definition) is 20. The number of methoxy groups -OCH3 is 3. The Morgan fingerprint density at radius 3 is 1.16 bits per heavy atom. The first-order valence-corrected chi connectivity index (χ1v) is 39.1. The molecule has 3 saturated carbocycles. The first-order valence-electron chi connectivity index (χ1n) is 37.3. The van der Waals surface area contributed by atoms with Gasteiger partial charge in [-0.1, -0.05) is 136 Å². The van der Waals surface area contributed by atoms with Crippen molar-refractivity contribution < 1.29 is 87.8 Å². The lowest BCUT2D eigenvalue weighted by Crippen LogP contribution is -2.41. The molecule has 0 spiro atoms. The Morgan fingerprint density at radius 1 is 0.449 bits per heavy atom. The molecule has 618 valence electrons. The van der Waals surface area contributed by atoms with Gasteiger partial charge in [-0.15, -0.1) is 0 Å². The van der Waals surface area contributed by atoms with E-state index in [1.165, 1.54) is 13.2 Å². The molecular formula is C92H97F3N6O16S. The van der Waals surface area contributed by atoms with E-state index < -0.39 is 33.4 Å². The van der Waals surface area contributed by atoms with Crippen LogP contribution in [0.15, 0.2) is 187 Å². The second kappa shape index (κ2) is 36.8. The topological polar surface area (TPSA) is 279 Å². The van der Waals surface area contributed by atoms with Crippen LogP contribution in [0.3, 0.4) is 0 Å². The van der Waals surface area contributed by atoms with Crippen molar-refractivity contribution in [2.24, 2.45) is 5.73 Å².